The number of anilines is 1. The maximum Gasteiger partial charge on any atom is 0.264 e. The molecule has 0 aliphatic rings. The van der Waals surface area contributed by atoms with Gasteiger partial charge in [0.15, 0.2) is 0 Å². The molecule has 8 nitrogen and oxygen atoms in total. The number of carbonyl (C=O) groups excluding carboxylic acids is 2. The lowest BCUT2D eigenvalue weighted by Gasteiger charge is -2.32. The summed E-state index contributed by atoms with van der Waals surface area (Å²) in [4.78, 5) is 28.7. The van der Waals surface area contributed by atoms with Crippen LogP contribution in [0.1, 0.15) is 32.8 Å². The predicted octanol–water partition coefficient (Wildman–Crippen LogP) is 6.66. The SMILES string of the molecule is CC[C@H](C)NC(=O)[C@H](C)N(Cc1cccc(Cl)c1)C(=O)CN(c1ccc(Oc2ccccc2)cc1)S(=O)(=O)c1ccccc1. The summed E-state index contributed by atoms with van der Waals surface area (Å²) in [6.07, 6.45) is 0.716. The van der Waals surface area contributed by atoms with Crippen LogP contribution in [0.4, 0.5) is 5.69 Å². The molecule has 0 aromatic heterocycles. The van der Waals surface area contributed by atoms with Gasteiger partial charge in [-0.05, 0) is 86.5 Å². The Morgan fingerprint density at radius 3 is 2.07 bits per heavy atom. The highest BCUT2D eigenvalue weighted by molar-refractivity contribution is 7.92. The van der Waals surface area contributed by atoms with Crippen LogP contribution in [-0.4, -0.2) is 43.8 Å². The van der Waals surface area contributed by atoms with Gasteiger partial charge in [-0.25, -0.2) is 8.42 Å². The zero-order valence-electron chi connectivity index (χ0n) is 24.9. The number of carbonyl (C=O) groups is 2. The molecule has 230 valence electrons. The van der Waals surface area contributed by atoms with E-state index in [9.17, 15) is 18.0 Å². The third-order valence-electron chi connectivity index (χ3n) is 7.12. The lowest BCUT2D eigenvalue weighted by atomic mass is 10.1. The van der Waals surface area contributed by atoms with Crippen molar-refractivity contribution in [1.29, 1.82) is 0 Å². The number of halogens is 1. The fraction of sp³-hybridized carbons (Fsp3) is 0.235. The number of para-hydroxylation sites is 1. The molecule has 0 fully saturated rings. The van der Waals surface area contributed by atoms with Crippen LogP contribution in [0.2, 0.25) is 5.02 Å². The minimum atomic E-state index is -4.18. The van der Waals surface area contributed by atoms with Crippen molar-refractivity contribution in [2.45, 2.75) is 50.7 Å². The Kier molecular flexibility index (Phi) is 11.0. The number of rotatable bonds is 13. The summed E-state index contributed by atoms with van der Waals surface area (Å²) in [5.41, 5.74) is 0.968. The predicted molar refractivity (Wildman–Crippen MR) is 173 cm³/mol. The highest BCUT2D eigenvalue weighted by atomic mass is 35.5. The molecule has 4 aromatic carbocycles. The van der Waals surface area contributed by atoms with Crippen LogP contribution in [0.25, 0.3) is 0 Å². The lowest BCUT2D eigenvalue weighted by molar-refractivity contribution is -0.139. The molecule has 0 unspecified atom stereocenters. The van der Waals surface area contributed by atoms with Crippen LogP contribution >= 0.6 is 11.6 Å². The summed E-state index contributed by atoms with van der Waals surface area (Å²) in [7, 11) is -4.18. The minimum Gasteiger partial charge on any atom is -0.457 e. The summed E-state index contributed by atoms with van der Waals surface area (Å²) in [6.45, 7) is 4.97. The monoisotopic (exact) mass is 633 g/mol. The van der Waals surface area contributed by atoms with Gasteiger partial charge in [0.1, 0.15) is 24.1 Å². The van der Waals surface area contributed by atoms with Crippen molar-refractivity contribution < 1.29 is 22.7 Å². The molecular weight excluding hydrogens is 598 g/mol. The smallest absolute Gasteiger partial charge is 0.264 e. The van der Waals surface area contributed by atoms with Crippen LogP contribution in [0.15, 0.2) is 114 Å². The summed E-state index contributed by atoms with van der Waals surface area (Å²) in [5, 5.41) is 3.41. The molecule has 10 heteroatoms. The van der Waals surface area contributed by atoms with E-state index < -0.39 is 28.5 Å². The Morgan fingerprint density at radius 2 is 1.45 bits per heavy atom. The second kappa shape index (κ2) is 14.9. The van der Waals surface area contributed by atoms with Gasteiger partial charge >= 0.3 is 0 Å². The van der Waals surface area contributed by atoms with Crippen LogP contribution in [0.3, 0.4) is 0 Å². The highest BCUT2D eigenvalue weighted by Gasteiger charge is 2.32. The molecule has 0 aliphatic heterocycles. The zero-order valence-corrected chi connectivity index (χ0v) is 26.5. The quantitative estimate of drug-likeness (QED) is 0.178. The van der Waals surface area contributed by atoms with Crippen molar-refractivity contribution in [1.82, 2.24) is 10.2 Å². The molecule has 2 amide bonds. The lowest BCUT2D eigenvalue weighted by Crippen LogP contribution is -2.52. The summed E-state index contributed by atoms with van der Waals surface area (Å²) >= 11 is 6.21. The number of hydrogen-bond donors (Lipinski definition) is 1. The maximum atomic E-state index is 14.1. The number of nitrogens with one attached hydrogen (secondary N) is 1. The standard InChI is InChI=1S/C34H36ClN3O5S/c1-4-25(2)36-34(40)26(3)37(23-27-12-11-13-28(35)22-27)33(39)24-38(44(41,42)32-16-9-6-10-17-32)29-18-20-31(21-19-29)43-30-14-7-5-8-15-30/h5-22,25-26H,4,23-24H2,1-3H3,(H,36,40)/t25-,26-/m0/s1. The van der Waals surface area contributed by atoms with E-state index in [2.05, 4.69) is 5.32 Å². The van der Waals surface area contributed by atoms with E-state index >= 15 is 0 Å². The molecule has 0 saturated heterocycles. The van der Waals surface area contributed by atoms with Crippen LogP contribution in [0, 0.1) is 0 Å². The Morgan fingerprint density at radius 1 is 0.841 bits per heavy atom. The molecule has 0 saturated carbocycles. The van der Waals surface area contributed by atoms with Crippen molar-refractivity contribution in [3.63, 3.8) is 0 Å². The topological polar surface area (TPSA) is 96.0 Å². The van der Waals surface area contributed by atoms with E-state index in [0.717, 1.165) is 4.31 Å². The molecule has 1 N–H and O–H groups in total. The Labute approximate surface area is 264 Å². The first kappa shape index (κ1) is 32.6. The van der Waals surface area contributed by atoms with Crippen molar-refractivity contribution in [2.24, 2.45) is 0 Å². The Bertz CT molecular complexity index is 1650. The molecule has 4 aromatic rings. The van der Waals surface area contributed by atoms with Gasteiger partial charge in [-0.1, -0.05) is 67.1 Å². The van der Waals surface area contributed by atoms with Crippen molar-refractivity contribution in [3.8, 4) is 11.5 Å². The fourth-order valence-corrected chi connectivity index (χ4v) is 6.08. The molecule has 4 rings (SSSR count). The average molecular weight is 634 g/mol. The number of benzene rings is 4. The molecular formula is C34H36ClN3O5S. The van der Waals surface area contributed by atoms with Crippen molar-refractivity contribution in [2.75, 3.05) is 10.8 Å². The van der Waals surface area contributed by atoms with Crippen LogP contribution in [-0.2, 0) is 26.2 Å². The number of amides is 2. The molecule has 44 heavy (non-hydrogen) atoms. The normalized spacial score (nSPS) is 12.5. The molecule has 0 aliphatic carbocycles. The third-order valence-corrected chi connectivity index (χ3v) is 9.15. The van der Waals surface area contributed by atoms with Gasteiger partial charge in [-0.15, -0.1) is 0 Å². The summed E-state index contributed by atoms with van der Waals surface area (Å²) in [5.74, 6) is 0.238. The van der Waals surface area contributed by atoms with Crippen LogP contribution < -0.4 is 14.4 Å². The molecule has 0 radical (unpaired) electrons. The van der Waals surface area contributed by atoms with Gasteiger partial charge < -0.3 is 15.0 Å². The Hall–Kier alpha value is -4.34. The first-order valence-electron chi connectivity index (χ1n) is 14.3. The van der Waals surface area contributed by atoms with E-state index in [1.807, 2.05) is 44.2 Å². The van der Waals surface area contributed by atoms with Gasteiger partial charge in [0.25, 0.3) is 10.0 Å². The van der Waals surface area contributed by atoms with E-state index in [0.29, 0.717) is 28.5 Å². The van der Waals surface area contributed by atoms with Gasteiger partial charge in [0.05, 0.1) is 10.6 Å². The fourth-order valence-electron chi connectivity index (χ4n) is 4.43. The van der Waals surface area contributed by atoms with Gasteiger partial charge in [0, 0.05) is 17.6 Å². The van der Waals surface area contributed by atoms with Crippen molar-refractivity contribution in [3.05, 3.63) is 120 Å². The average Bonchev–Trinajstić information content (AvgIpc) is 3.03. The van der Waals surface area contributed by atoms with E-state index in [1.54, 1.807) is 73.7 Å². The third kappa shape index (κ3) is 8.39. The number of hydrogen-bond acceptors (Lipinski definition) is 5. The van der Waals surface area contributed by atoms with E-state index in [-0.39, 0.29) is 29.1 Å². The first-order chi connectivity index (χ1) is 21.1. The molecule has 2 atom stereocenters. The Balaban J connectivity index is 1.69. The van der Waals surface area contributed by atoms with Crippen LogP contribution in [0.5, 0.6) is 11.5 Å². The molecule has 0 bridgehead atoms. The number of nitrogens with zero attached hydrogens (tertiary/aromatic N) is 2. The van der Waals surface area contributed by atoms with E-state index in [4.69, 9.17) is 16.3 Å². The molecule has 0 heterocycles. The number of ether oxygens (including phenoxy) is 1. The van der Waals surface area contributed by atoms with Crippen molar-refractivity contribution >= 4 is 39.1 Å². The number of sulfonamides is 1. The minimum absolute atomic E-state index is 0.0290. The second-order valence-corrected chi connectivity index (χ2v) is 12.7. The first-order valence-corrected chi connectivity index (χ1v) is 16.2. The zero-order chi connectivity index (χ0) is 31.7. The largest absolute Gasteiger partial charge is 0.457 e. The maximum absolute atomic E-state index is 14.1. The van der Waals surface area contributed by atoms with Gasteiger partial charge in [-0.2, -0.15) is 0 Å². The van der Waals surface area contributed by atoms with Gasteiger partial charge in [-0.3, -0.25) is 13.9 Å². The van der Waals surface area contributed by atoms with Gasteiger partial charge in [0.2, 0.25) is 11.8 Å². The second-order valence-electron chi connectivity index (χ2n) is 10.4. The van der Waals surface area contributed by atoms with E-state index in [1.165, 1.54) is 17.0 Å². The molecule has 0 spiro atoms. The highest BCUT2D eigenvalue weighted by Crippen LogP contribution is 2.28. The summed E-state index contributed by atoms with van der Waals surface area (Å²) in [6, 6.07) is 29.6. The summed E-state index contributed by atoms with van der Waals surface area (Å²) < 4.78 is 34.9.